The predicted octanol–water partition coefficient (Wildman–Crippen LogP) is 2.71. The fraction of sp³-hybridized carbons (Fsp3) is 0.333. The fourth-order valence-electron chi connectivity index (χ4n) is 2.49. The van der Waals surface area contributed by atoms with E-state index in [2.05, 4.69) is 20.8 Å². The van der Waals surface area contributed by atoms with Gasteiger partial charge in [-0.25, -0.2) is 4.98 Å². The molecule has 0 bridgehead atoms. The number of hydrogen-bond acceptors (Lipinski definition) is 4. The molecule has 0 amide bonds. The van der Waals surface area contributed by atoms with Gasteiger partial charge in [-0.2, -0.15) is 0 Å². The number of rotatable bonds is 3. The van der Waals surface area contributed by atoms with Crippen molar-refractivity contribution in [1.29, 1.82) is 0 Å². The maximum atomic E-state index is 6.06. The van der Waals surface area contributed by atoms with Crippen LogP contribution in [-0.4, -0.2) is 14.7 Å². The summed E-state index contributed by atoms with van der Waals surface area (Å²) >= 11 is 0. The summed E-state index contributed by atoms with van der Waals surface area (Å²) in [6, 6.07) is 7.94. The van der Waals surface area contributed by atoms with E-state index in [-0.39, 0.29) is 6.04 Å². The summed E-state index contributed by atoms with van der Waals surface area (Å²) in [7, 11) is 0. The third kappa shape index (κ3) is 2.00. The van der Waals surface area contributed by atoms with Gasteiger partial charge in [0.25, 0.3) is 0 Å². The number of aryl methyl sites for hydroxylation is 2. The average Bonchev–Trinajstić information content (AvgIpc) is 2.94. The van der Waals surface area contributed by atoms with Crippen molar-refractivity contribution >= 4 is 11.0 Å². The summed E-state index contributed by atoms with van der Waals surface area (Å²) in [5.74, 6) is 1.72. The van der Waals surface area contributed by atoms with Crippen molar-refractivity contribution in [3.05, 3.63) is 47.1 Å². The first-order valence-corrected chi connectivity index (χ1v) is 6.70. The van der Waals surface area contributed by atoms with Crippen molar-refractivity contribution < 1.29 is 4.52 Å². The minimum Gasteiger partial charge on any atom is -0.361 e. The molecule has 20 heavy (non-hydrogen) atoms. The molecular formula is C15H18N4O. The highest BCUT2D eigenvalue weighted by molar-refractivity contribution is 5.76. The number of hydrogen-bond donors (Lipinski definition) is 1. The Morgan fingerprint density at radius 2 is 2.05 bits per heavy atom. The second-order valence-electron chi connectivity index (χ2n) is 5.14. The molecule has 1 unspecified atom stereocenters. The van der Waals surface area contributed by atoms with Crippen molar-refractivity contribution in [2.24, 2.45) is 5.73 Å². The van der Waals surface area contributed by atoms with Crippen LogP contribution in [0.15, 0.2) is 28.8 Å². The van der Waals surface area contributed by atoms with E-state index in [1.54, 1.807) is 0 Å². The summed E-state index contributed by atoms with van der Waals surface area (Å²) in [4.78, 5) is 4.64. The normalized spacial score (nSPS) is 13.0. The number of fused-ring (bicyclic) bond motifs is 1. The van der Waals surface area contributed by atoms with Gasteiger partial charge in [-0.15, -0.1) is 0 Å². The number of nitrogens with zero attached hydrogens (tertiary/aromatic N) is 3. The Morgan fingerprint density at radius 3 is 2.70 bits per heavy atom. The van der Waals surface area contributed by atoms with Crippen LogP contribution in [0.4, 0.5) is 0 Å². The lowest BCUT2D eigenvalue weighted by molar-refractivity contribution is 0.392. The van der Waals surface area contributed by atoms with Gasteiger partial charge < -0.3 is 14.8 Å². The largest absolute Gasteiger partial charge is 0.361 e. The van der Waals surface area contributed by atoms with E-state index in [1.807, 2.05) is 39.0 Å². The first-order chi connectivity index (χ1) is 9.58. The zero-order valence-electron chi connectivity index (χ0n) is 11.9. The summed E-state index contributed by atoms with van der Waals surface area (Å²) in [5.41, 5.74) is 10.1. The van der Waals surface area contributed by atoms with Gasteiger partial charge in [-0.3, -0.25) is 0 Å². The molecule has 0 aliphatic carbocycles. The molecule has 104 valence electrons. The minimum atomic E-state index is -0.122. The lowest BCUT2D eigenvalue weighted by Crippen LogP contribution is -2.14. The third-order valence-electron chi connectivity index (χ3n) is 3.59. The molecule has 0 spiro atoms. The van der Waals surface area contributed by atoms with Crippen LogP contribution in [0.3, 0.4) is 0 Å². The molecule has 5 heteroatoms. The van der Waals surface area contributed by atoms with Gasteiger partial charge in [0, 0.05) is 5.56 Å². The number of aromatic nitrogens is 3. The van der Waals surface area contributed by atoms with Crippen LogP contribution in [0.2, 0.25) is 0 Å². The summed E-state index contributed by atoms with van der Waals surface area (Å²) in [5, 5.41) is 4.01. The van der Waals surface area contributed by atoms with Crippen molar-refractivity contribution in [1.82, 2.24) is 14.7 Å². The van der Waals surface area contributed by atoms with Gasteiger partial charge in [0.1, 0.15) is 11.6 Å². The van der Waals surface area contributed by atoms with Crippen molar-refractivity contribution in [3.8, 4) is 0 Å². The lowest BCUT2D eigenvalue weighted by Gasteiger charge is -2.11. The van der Waals surface area contributed by atoms with Crippen LogP contribution in [0, 0.1) is 13.8 Å². The van der Waals surface area contributed by atoms with Crippen LogP contribution in [-0.2, 0) is 6.54 Å². The standard InChI is InChI=1S/C15H18N4O/c1-9(16)15-17-13-6-4-5-7-14(13)19(15)8-12-10(2)18-20-11(12)3/h4-7,9H,8,16H2,1-3H3. The van der Waals surface area contributed by atoms with Gasteiger partial charge in [0.05, 0.1) is 29.3 Å². The number of para-hydroxylation sites is 2. The quantitative estimate of drug-likeness (QED) is 0.794. The van der Waals surface area contributed by atoms with E-state index in [1.165, 1.54) is 0 Å². The van der Waals surface area contributed by atoms with Gasteiger partial charge in [-0.1, -0.05) is 17.3 Å². The zero-order valence-corrected chi connectivity index (χ0v) is 11.9. The van der Waals surface area contributed by atoms with Crippen molar-refractivity contribution in [2.45, 2.75) is 33.4 Å². The number of imidazole rings is 1. The van der Waals surface area contributed by atoms with E-state index in [9.17, 15) is 0 Å². The van der Waals surface area contributed by atoms with Gasteiger partial charge >= 0.3 is 0 Å². The Labute approximate surface area is 117 Å². The van der Waals surface area contributed by atoms with Gasteiger partial charge in [0.15, 0.2) is 0 Å². The first-order valence-electron chi connectivity index (χ1n) is 6.70. The SMILES string of the molecule is Cc1noc(C)c1Cn1c(C(C)N)nc2ccccc21. The monoisotopic (exact) mass is 270 g/mol. The second-order valence-corrected chi connectivity index (χ2v) is 5.14. The van der Waals surface area contributed by atoms with Gasteiger partial charge in [0.2, 0.25) is 0 Å². The van der Waals surface area contributed by atoms with Crippen LogP contribution >= 0.6 is 0 Å². The van der Waals surface area contributed by atoms with Crippen molar-refractivity contribution in [2.75, 3.05) is 0 Å². The molecular weight excluding hydrogens is 252 g/mol. The van der Waals surface area contributed by atoms with E-state index in [0.717, 1.165) is 33.9 Å². The molecule has 2 N–H and O–H groups in total. The number of nitrogens with two attached hydrogens (primary N) is 1. The molecule has 3 aromatic rings. The Kier molecular flexibility index (Phi) is 3.06. The molecule has 0 aliphatic rings. The molecule has 0 radical (unpaired) electrons. The average molecular weight is 270 g/mol. The molecule has 5 nitrogen and oxygen atoms in total. The third-order valence-corrected chi connectivity index (χ3v) is 3.59. The highest BCUT2D eigenvalue weighted by Gasteiger charge is 2.17. The second kappa shape index (κ2) is 4.76. The Hall–Kier alpha value is -2.14. The maximum Gasteiger partial charge on any atom is 0.138 e. The Morgan fingerprint density at radius 1 is 1.30 bits per heavy atom. The maximum absolute atomic E-state index is 6.06. The van der Waals surface area contributed by atoms with Crippen LogP contribution in [0.25, 0.3) is 11.0 Å². The van der Waals surface area contributed by atoms with E-state index in [0.29, 0.717) is 6.54 Å². The smallest absolute Gasteiger partial charge is 0.138 e. The van der Waals surface area contributed by atoms with Gasteiger partial charge in [-0.05, 0) is 32.9 Å². The molecule has 1 atom stereocenters. The van der Waals surface area contributed by atoms with Crippen molar-refractivity contribution in [3.63, 3.8) is 0 Å². The fourth-order valence-corrected chi connectivity index (χ4v) is 2.49. The number of benzene rings is 1. The Bertz CT molecular complexity index is 735. The molecule has 0 aliphatic heterocycles. The lowest BCUT2D eigenvalue weighted by atomic mass is 10.2. The van der Waals surface area contributed by atoms with E-state index in [4.69, 9.17) is 10.3 Å². The van der Waals surface area contributed by atoms with Crippen LogP contribution in [0.1, 0.15) is 35.8 Å². The summed E-state index contributed by atoms with van der Waals surface area (Å²) < 4.78 is 7.39. The highest BCUT2D eigenvalue weighted by atomic mass is 16.5. The minimum absolute atomic E-state index is 0.122. The van der Waals surface area contributed by atoms with Crippen LogP contribution < -0.4 is 5.73 Å². The molecule has 3 rings (SSSR count). The van der Waals surface area contributed by atoms with E-state index >= 15 is 0 Å². The van der Waals surface area contributed by atoms with E-state index < -0.39 is 0 Å². The summed E-state index contributed by atoms with van der Waals surface area (Å²) in [6.07, 6.45) is 0. The predicted molar refractivity (Wildman–Crippen MR) is 77.4 cm³/mol. The molecule has 0 fully saturated rings. The first kappa shape index (κ1) is 12.9. The summed E-state index contributed by atoms with van der Waals surface area (Å²) in [6.45, 7) is 6.51. The molecule has 2 heterocycles. The zero-order chi connectivity index (χ0) is 14.3. The highest BCUT2D eigenvalue weighted by Crippen LogP contribution is 2.23. The van der Waals surface area contributed by atoms with Crippen LogP contribution in [0.5, 0.6) is 0 Å². The Balaban J connectivity index is 2.17. The molecule has 0 saturated carbocycles. The molecule has 0 saturated heterocycles. The topological polar surface area (TPSA) is 69.9 Å². The molecule has 1 aromatic carbocycles. The molecule has 2 aromatic heterocycles.